The summed E-state index contributed by atoms with van der Waals surface area (Å²) in [6, 6.07) is 0.0949. The Hall–Kier alpha value is -0.940. The van der Waals surface area contributed by atoms with Crippen molar-refractivity contribution in [1.29, 1.82) is 0 Å². The van der Waals surface area contributed by atoms with E-state index in [-0.39, 0.29) is 6.04 Å². The highest BCUT2D eigenvalue weighted by Crippen LogP contribution is 2.23. The first-order chi connectivity index (χ1) is 8.72. The molecule has 1 unspecified atom stereocenters. The first-order valence-corrected chi connectivity index (χ1v) is 7.10. The normalized spacial score (nSPS) is 26.2. The molecule has 1 aromatic rings. The van der Waals surface area contributed by atoms with Gasteiger partial charge < -0.3 is 10.6 Å². The molecule has 0 amide bonds. The van der Waals surface area contributed by atoms with Crippen molar-refractivity contribution in [3.63, 3.8) is 0 Å². The Morgan fingerprint density at radius 3 is 2.72 bits per heavy atom. The standard InChI is InChI=1S/C13H23N5/c1-17-7-4-10(5-8-17)9-12-15-13-11(14)3-2-6-18(13)16-12/h10-11H,2-9,14H2,1H3. The number of aryl methyl sites for hydroxylation is 1. The van der Waals surface area contributed by atoms with E-state index in [4.69, 9.17) is 5.73 Å². The maximum Gasteiger partial charge on any atom is 0.151 e. The SMILES string of the molecule is CN1CCC(Cc2nc3n(n2)CCCC3N)CC1. The predicted octanol–water partition coefficient (Wildman–Crippen LogP) is 0.956. The molecule has 5 nitrogen and oxygen atoms in total. The predicted molar refractivity (Wildman–Crippen MR) is 70.1 cm³/mol. The minimum Gasteiger partial charge on any atom is -0.321 e. The summed E-state index contributed by atoms with van der Waals surface area (Å²) in [5.41, 5.74) is 6.08. The second-order valence-electron chi connectivity index (χ2n) is 5.81. The van der Waals surface area contributed by atoms with Gasteiger partial charge in [-0.05, 0) is 51.7 Å². The van der Waals surface area contributed by atoms with Crippen molar-refractivity contribution in [2.75, 3.05) is 20.1 Å². The molecule has 0 aromatic carbocycles. The molecule has 0 aliphatic carbocycles. The van der Waals surface area contributed by atoms with Crippen LogP contribution in [0.3, 0.4) is 0 Å². The number of nitrogens with zero attached hydrogens (tertiary/aromatic N) is 4. The van der Waals surface area contributed by atoms with Crippen LogP contribution in [0.5, 0.6) is 0 Å². The van der Waals surface area contributed by atoms with Gasteiger partial charge in [0, 0.05) is 13.0 Å². The highest BCUT2D eigenvalue weighted by atomic mass is 15.4. The lowest BCUT2D eigenvalue weighted by atomic mass is 9.94. The van der Waals surface area contributed by atoms with E-state index in [0.717, 1.165) is 43.4 Å². The third-order valence-electron chi connectivity index (χ3n) is 4.27. The van der Waals surface area contributed by atoms with Gasteiger partial charge in [0.2, 0.25) is 0 Å². The van der Waals surface area contributed by atoms with Crippen molar-refractivity contribution in [3.8, 4) is 0 Å². The molecule has 2 N–H and O–H groups in total. The first-order valence-electron chi connectivity index (χ1n) is 7.10. The molecule has 3 rings (SSSR count). The third kappa shape index (κ3) is 2.42. The van der Waals surface area contributed by atoms with Crippen LogP contribution >= 0.6 is 0 Å². The zero-order valence-corrected chi connectivity index (χ0v) is 11.2. The molecule has 1 saturated heterocycles. The first kappa shape index (κ1) is 12.1. The average molecular weight is 249 g/mol. The number of rotatable bonds is 2. The van der Waals surface area contributed by atoms with Gasteiger partial charge in [0.25, 0.3) is 0 Å². The number of piperidine rings is 1. The second-order valence-corrected chi connectivity index (χ2v) is 5.81. The zero-order valence-electron chi connectivity index (χ0n) is 11.2. The fraction of sp³-hybridized carbons (Fsp3) is 0.846. The molecule has 1 fully saturated rings. The van der Waals surface area contributed by atoms with Gasteiger partial charge in [-0.15, -0.1) is 0 Å². The molecular formula is C13H23N5. The van der Waals surface area contributed by atoms with Gasteiger partial charge in [-0.25, -0.2) is 9.67 Å². The van der Waals surface area contributed by atoms with Crippen LogP contribution in [-0.4, -0.2) is 39.8 Å². The molecule has 2 aliphatic heterocycles. The minimum absolute atomic E-state index is 0.0949. The van der Waals surface area contributed by atoms with E-state index in [1.54, 1.807) is 0 Å². The lowest BCUT2D eigenvalue weighted by Gasteiger charge is -2.28. The van der Waals surface area contributed by atoms with E-state index in [1.165, 1.54) is 25.9 Å². The topological polar surface area (TPSA) is 60.0 Å². The highest BCUT2D eigenvalue weighted by molar-refractivity contribution is 5.02. The van der Waals surface area contributed by atoms with Crippen LogP contribution in [0, 0.1) is 5.92 Å². The number of nitrogens with two attached hydrogens (primary N) is 1. The zero-order chi connectivity index (χ0) is 12.5. The Balaban J connectivity index is 1.66. The molecular weight excluding hydrogens is 226 g/mol. The Bertz CT molecular complexity index is 406. The van der Waals surface area contributed by atoms with Crippen LogP contribution in [0.1, 0.15) is 43.4 Å². The summed E-state index contributed by atoms with van der Waals surface area (Å²) in [7, 11) is 2.20. The van der Waals surface area contributed by atoms with Gasteiger partial charge in [-0.3, -0.25) is 0 Å². The largest absolute Gasteiger partial charge is 0.321 e. The summed E-state index contributed by atoms with van der Waals surface area (Å²) < 4.78 is 2.03. The second kappa shape index (κ2) is 4.97. The van der Waals surface area contributed by atoms with Gasteiger partial charge in [0.05, 0.1) is 6.04 Å². The molecule has 1 atom stereocenters. The van der Waals surface area contributed by atoms with Crippen molar-refractivity contribution in [1.82, 2.24) is 19.7 Å². The van der Waals surface area contributed by atoms with Crippen molar-refractivity contribution in [2.24, 2.45) is 11.7 Å². The number of likely N-dealkylation sites (tertiary alicyclic amines) is 1. The monoisotopic (exact) mass is 249 g/mol. The molecule has 0 spiro atoms. The van der Waals surface area contributed by atoms with Crippen LogP contribution in [0.4, 0.5) is 0 Å². The molecule has 0 saturated carbocycles. The molecule has 3 heterocycles. The molecule has 100 valence electrons. The summed E-state index contributed by atoms with van der Waals surface area (Å²) in [5.74, 6) is 2.77. The van der Waals surface area contributed by atoms with Gasteiger partial charge >= 0.3 is 0 Å². The average Bonchev–Trinajstić information content (AvgIpc) is 2.76. The number of aromatic nitrogens is 3. The molecule has 0 radical (unpaired) electrons. The minimum atomic E-state index is 0.0949. The van der Waals surface area contributed by atoms with Crippen molar-refractivity contribution in [2.45, 2.75) is 44.7 Å². The molecule has 1 aromatic heterocycles. The summed E-state index contributed by atoms with van der Waals surface area (Å²) in [6.45, 7) is 3.40. The van der Waals surface area contributed by atoms with Crippen LogP contribution in [-0.2, 0) is 13.0 Å². The Morgan fingerprint density at radius 2 is 2.00 bits per heavy atom. The van der Waals surface area contributed by atoms with Gasteiger partial charge in [0.1, 0.15) is 5.82 Å². The third-order valence-corrected chi connectivity index (χ3v) is 4.27. The fourth-order valence-electron chi connectivity index (χ4n) is 3.04. The molecule has 2 aliphatic rings. The van der Waals surface area contributed by atoms with Crippen LogP contribution < -0.4 is 5.73 Å². The van der Waals surface area contributed by atoms with E-state index in [2.05, 4.69) is 22.0 Å². The Kier molecular flexibility index (Phi) is 3.35. The van der Waals surface area contributed by atoms with E-state index >= 15 is 0 Å². The van der Waals surface area contributed by atoms with E-state index in [1.807, 2.05) is 4.68 Å². The maximum absolute atomic E-state index is 6.08. The van der Waals surface area contributed by atoms with Gasteiger partial charge in [0.15, 0.2) is 5.82 Å². The van der Waals surface area contributed by atoms with E-state index < -0.39 is 0 Å². The smallest absolute Gasteiger partial charge is 0.151 e. The fourth-order valence-corrected chi connectivity index (χ4v) is 3.04. The van der Waals surface area contributed by atoms with Gasteiger partial charge in [-0.2, -0.15) is 5.10 Å². The highest BCUT2D eigenvalue weighted by Gasteiger charge is 2.23. The van der Waals surface area contributed by atoms with Crippen molar-refractivity contribution >= 4 is 0 Å². The summed E-state index contributed by atoms with van der Waals surface area (Å²) >= 11 is 0. The molecule has 18 heavy (non-hydrogen) atoms. The van der Waals surface area contributed by atoms with Crippen molar-refractivity contribution < 1.29 is 0 Å². The van der Waals surface area contributed by atoms with Gasteiger partial charge in [-0.1, -0.05) is 0 Å². The van der Waals surface area contributed by atoms with E-state index in [9.17, 15) is 0 Å². The number of hydrogen-bond acceptors (Lipinski definition) is 4. The summed E-state index contributed by atoms with van der Waals surface area (Å²) in [5, 5.41) is 4.63. The Morgan fingerprint density at radius 1 is 1.22 bits per heavy atom. The molecule has 5 heteroatoms. The van der Waals surface area contributed by atoms with Crippen molar-refractivity contribution in [3.05, 3.63) is 11.6 Å². The van der Waals surface area contributed by atoms with Crippen LogP contribution in [0.15, 0.2) is 0 Å². The Labute approximate surface area is 108 Å². The van der Waals surface area contributed by atoms with Crippen LogP contribution in [0.2, 0.25) is 0 Å². The summed E-state index contributed by atoms with van der Waals surface area (Å²) in [6.07, 6.45) is 5.75. The number of hydrogen-bond donors (Lipinski definition) is 1. The quantitative estimate of drug-likeness (QED) is 0.848. The summed E-state index contributed by atoms with van der Waals surface area (Å²) in [4.78, 5) is 7.06. The lowest BCUT2D eigenvalue weighted by molar-refractivity contribution is 0.217. The maximum atomic E-state index is 6.08. The number of fused-ring (bicyclic) bond motifs is 1. The van der Waals surface area contributed by atoms with Crippen LogP contribution in [0.25, 0.3) is 0 Å². The lowest BCUT2D eigenvalue weighted by Crippen LogP contribution is -2.31. The molecule has 0 bridgehead atoms. The van der Waals surface area contributed by atoms with E-state index in [0.29, 0.717) is 0 Å².